The van der Waals surface area contributed by atoms with Crippen molar-refractivity contribution in [2.75, 3.05) is 11.9 Å². The Morgan fingerprint density at radius 2 is 2.29 bits per heavy atom. The monoisotopic (exact) mass is 255 g/mol. The SMILES string of the molecule is CCc1nc(Cl)cc(NCC2CCCC2O)n1. The van der Waals surface area contributed by atoms with Gasteiger partial charge in [-0.15, -0.1) is 0 Å². The van der Waals surface area contributed by atoms with E-state index in [-0.39, 0.29) is 6.10 Å². The maximum atomic E-state index is 9.72. The van der Waals surface area contributed by atoms with Crippen molar-refractivity contribution in [3.8, 4) is 0 Å². The number of aliphatic hydroxyl groups is 1. The Labute approximate surface area is 106 Å². The molecule has 17 heavy (non-hydrogen) atoms. The van der Waals surface area contributed by atoms with E-state index in [1.165, 1.54) is 0 Å². The predicted octanol–water partition coefficient (Wildman–Crippen LogP) is 2.27. The average Bonchev–Trinajstić information content (AvgIpc) is 2.71. The molecule has 1 aromatic rings. The molecule has 1 heterocycles. The smallest absolute Gasteiger partial charge is 0.134 e. The number of hydrogen-bond acceptors (Lipinski definition) is 4. The van der Waals surface area contributed by atoms with Crippen LogP contribution in [0.15, 0.2) is 6.07 Å². The van der Waals surface area contributed by atoms with Gasteiger partial charge in [0, 0.05) is 24.9 Å². The minimum absolute atomic E-state index is 0.176. The van der Waals surface area contributed by atoms with Gasteiger partial charge in [0.25, 0.3) is 0 Å². The van der Waals surface area contributed by atoms with Crippen molar-refractivity contribution in [3.05, 3.63) is 17.0 Å². The summed E-state index contributed by atoms with van der Waals surface area (Å²) in [6.07, 6.45) is 3.69. The summed E-state index contributed by atoms with van der Waals surface area (Å²) in [5.41, 5.74) is 0. The minimum atomic E-state index is -0.176. The first kappa shape index (κ1) is 12.6. The van der Waals surface area contributed by atoms with Crippen LogP contribution in [0.5, 0.6) is 0 Å². The molecule has 1 aromatic heterocycles. The molecule has 0 aliphatic heterocycles. The lowest BCUT2D eigenvalue weighted by molar-refractivity contribution is 0.138. The molecule has 1 saturated carbocycles. The topological polar surface area (TPSA) is 58.0 Å². The lowest BCUT2D eigenvalue weighted by atomic mass is 10.1. The van der Waals surface area contributed by atoms with Crippen molar-refractivity contribution in [1.82, 2.24) is 9.97 Å². The van der Waals surface area contributed by atoms with Gasteiger partial charge in [-0.05, 0) is 12.8 Å². The summed E-state index contributed by atoms with van der Waals surface area (Å²) in [5, 5.41) is 13.4. The molecule has 0 saturated heterocycles. The second kappa shape index (κ2) is 5.65. The predicted molar refractivity (Wildman–Crippen MR) is 68.3 cm³/mol. The van der Waals surface area contributed by atoms with Gasteiger partial charge < -0.3 is 10.4 Å². The van der Waals surface area contributed by atoms with Gasteiger partial charge in [-0.25, -0.2) is 9.97 Å². The Kier molecular flexibility index (Phi) is 4.18. The van der Waals surface area contributed by atoms with Crippen LogP contribution in [0, 0.1) is 5.92 Å². The average molecular weight is 256 g/mol. The summed E-state index contributed by atoms with van der Waals surface area (Å²) >= 11 is 5.91. The molecule has 2 rings (SSSR count). The molecule has 0 spiro atoms. The molecule has 0 bridgehead atoms. The van der Waals surface area contributed by atoms with Crippen LogP contribution in [-0.4, -0.2) is 27.7 Å². The fourth-order valence-corrected chi connectivity index (χ4v) is 2.41. The van der Waals surface area contributed by atoms with E-state index in [1.807, 2.05) is 6.92 Å². The van der Waals surface area contributed by atoms with Crippen molar-refractivity contribution < 1.29 is 5.11 Å². The molecule has 1 aliphatic rings. The molecule has 0 radical (unpaired) electrons. The Morgan fingerprint density at radius 1 is 1.47 bits per heavy atom. The van der Waals surface area contributed by atoms with E-state index in [4.69, 9.17) is 11.6 Å². The Balaban J connectivity index is 1.96. The van der Waals surface area contributed by atoms with Gasteiger partial charge in [0.05, 0.1) is 6.10 Å². The first-order chi connectivity index (χ1) is 8.19. The first-order valence-electron chi connectivity index (χ1n) is 6.14. The molecule has 1 fully saturated rings. The normalized spacial score (nSPS) is 23.9. The Morgan fingerprint density at radius 3 is 2.94 bits per heavy atom. The third-order valence-corrected chi connectivity index (χ3v) is 3.42. The zero-order chi connectivity index (χ0) is 12.3. The fourth-order valence-electron chi connectivity index (χ4n) is 2.20. The van der Waals surface area contributed by atoms with Gasteiger partial charge in [0.15, 0.2) is 0 Å². The molecule has 94 valence electrons. The summed E-state index contributed by atoms with van der Waals surface area (Å²) in [6.45, 7) is 2.74. The van der Waals surface area contributed by atoms with Crippen LogP contribution in [0.4, 0.5) is 5.82 Å². The van der Waals surface area contributed by atoms with Crippen LogP contribution in [-0.2, 0) is 6.42 Å². The third-order valence-electron chi connectivity index (χ3n) is 3.22. The third kappa shape index (κ3) is 3.30. The zero-order valence-electron chi connectivity index (χ0n) is 9.99. The van der Waals surface area contributed by atoms with Gasteiger partial charge in [0.2, 0.25) is 0 Å². The van der Waals surface area contributed by atoms with Crippen LogP contribution in [0.1, 0.15) is 32.0 Å². The standard InChI is InChI=1S/C12H18ClN3O/c1-2-11-15-10(13)6-12(16-11)14-7-8-4-3-5-9(8)17/h6,8-9,17H,2-5,7H2,1H3,(H,14,15,16). The maximum Gasteiger partial charge on any atom is 0.134 e. The second-order valence-corrected chi connectivity index (χ2v) is 4.87. The van der Waals surface area contributed by atoms with Crippen molar-refractivity contribution in [1.29, 1.82) is 0 Å². The molecule has 5 heteroatoms. The number of aryl methyl sites for hydroxylation is 1. The second-order valence-electron chi connectivity index (χ2n) is 4.48. The number of nitrogens with zero attached hydrogens (tertiary/aromatic N) is 2. The van der Waals surface area contributed by atoms with Gasteiger partial charge in [-0.2, -0.15) is 0 Å². The number of anilines is 1. The van der Waals surface area contributed by atoms with Crippen molar-refractivity contribution in [2.45, 2.75) is 38.7 Å². The van der Waals surface area contributed by atoms with E-state index in [2.05, 4.69) is 15.3 Å². The van der Waals surface area contributed by atoms with Crippen LogP contribution in [0.3, 0.4) is 0 Å². The number of hydrogen-bond donors (Lipinski definition) is 2. The molecular weight excluding hydrogens is 238 g/mol. The van der Waals surface area contributed by atoms with Crippen molar-refractivity contribution in [2.24, 2.45) is 5.92 Å². The highest BCUT2D eigenvalue weighted by Crippen LogP contribution is 2.25. The van der Waals surface area contributed by atoms with E-state index >= 15 is 0 Å². The molecule has 0 aromatic carbocycles. The molecule has 0 amide bonds. The highest BCUT2D eigenvalue weighted by molar-refractivity contribution is 6.29. The van der Waals surface area contributed by atoms with E-state index in [0.29, 0.717) is 11.1 Å². The molecule has 1 aliphatic carbocycles. The van der Waals surface area contributed by atoms with Crippen LogP contribution >= 0.6 is 11.6 Å². The van der Waals surface area contributed by atoms with E-state index in [0.717, 1.165) is 43.9 Å². The quantitative estimate of drug-likeness (QED) is 0.811. The summed E-state index contributed by atoms with van der Waals surface area (Å²) in [7, 11) is 0. The van der Waals surface area contributed by atoms with Crippen LogP contribution in [0.25, 0.3) is 0 Å². The number of nitrogens with one attached hydrogen (secondary N) is 1. The van der Waals surface area contributed by atoms with Gasteiger partial charge >= 0.3 is 0 Å². The summed E-state index contributed by atoms with van der Waals surface area (Å²) < 4.78 is 0. The Bertz CT molecular complexity index is 386. The minimum Gasteiger partial charge on any atom is -0.393 e. The summed E-state index contributed by atoms with van der Waals surface area (Å²) in [6, 6.07) is 1.72. The maximum absolute atomic E-state index is 9.72. The van der Waals surface area contributed by atoms with E-state index < -0.39 is 0 Å². The number of halogens is 1. The highest BCUT2D eigenvalue weighted by atomic mass is 35.5. The summed E-state index contributed by atoms with van der Waals surface area (Å²) in [5.74, 6) is 1.82. The van der Waals surface area contributed by atoms with Gasteiger partial charge in [-0.3, -0.25) is 0 Å². The number of rotatable bonds is 4. The molecular formula is C12H18ClN3O. The molecule has 4 nitrogen and oxygen atoms in total. The molecule has 2 atom stereocenters. The largest absolute Gasteiger partial charge is 0.393 e. The van der Waals surface area contributed by atoms with E-state index in [1.54, 1.807) is 6.07 Å². The lowest BCUT2D eigenvalue weighted by Crippen LogP contribution is -2.22. The van der Waals surface area contributed by atoms with Crippen molar-refractivity contribution in [3.63, 3.8) is 0 Å². The van der Waals surface area contributed by atoms with Gasteiger partial charge in [0.1, 0.15) is 16.8 Å². The van der Waals surface area contributed by atoms with Gasteiger partial charge in [-0.1, -0.05) is 24.9 Å². The number of aliphatic hydroxyl groups excluding tert-OH is 1. The summed E-state index contributed by atoms with van der Waals surface area (Å²) in [4.78, 5) is 8.46. The lowest BCUT2D eigenvalue weighted by Gasteiger charge is -2.15. The molecule has 2 N–H and O–H groups in total. The van der Waals surface area contributed by atoms with E-state index in [9.17, 15) is 5.11 Å². The Hall–Kier alpha value is -0.870. The highest BCUT2D eigenvalue weighted by Gasteiger charge is 2.24. The first-order valence-corrected chi connectivity index (χ1v) is 6.52. The fraction of sp³-hybridized carbons (Fsp3) is 0.667. The number of aromatic nitrogens is 2. The van der Waals surface area contributed by atoms with Crippen LogP contribution in [0.2, 0.25) is 5.15 Å². The molecule has 2 unspecified atom stereocenters. The zero-order valence-corrected chi connectivity index (χ0v) is 10.7. The van der Waals surface area contributed by atoms with Crippen molar-refractivity contribution >= 4 is 17.4 Å². The van der Waals surface area contributed by atoms with Crippen LogP contribution < -0.4 is 5.32 Å².